The van der Waals surface area contributed by atoms with Gasteiger partial charge >= 0.3 is 0 Å². The molecule has 0 spiro atoms. The predicted molar refractivity (Wildman–Crippen MR) is 92.0 cm³/mol. The first-order valence-electron chi connectivity index (χ1n) is 8.84. The molecule has 0 bridgehead atoms. The summed E-state index contributed by atoms with van der Waals surface area (Å²) in [7, 11) is 1.59. The molecule has 5 nitrogen and oxygen atoms in total. The van der Waals surface area contributed by atoms with Gasteiger partial charge in [0.15, 0.2) is 0 Å². The van der Waals surface area contributed by atoms with Gasteiger partial charge in [-0.1, -0.05) is 13.0 Å². The van der Waals surface area contributed by atoms with E-state index in [4.69, 9.17) is 4.74 Å². The van der Waals surface area contributed by atoms with Crippen molar-refractivity contribution >= 4 is 11.8 Å². The molecule has 2 aliphatic heterocycles. The molecule has 2 saturated heterocycles. The molecule has 0 saturated carbocycles. The van der Waals surface area contributed by atoms with Crippen LogP contribution >= 0.6 is 0 Å². The molecular formula is C19H26N2O3. The fraction of sp³-hybridized carbons (Fsp3) is 0.579. The molecule has 2 fully saturated rings. The smallest absolute Gasteiger partial charge is 0.254 e. The molecule has 2 aliphatic rings. The van der Waals surface area contributed by atoms with Crippen molar-refractivity contribution in [1.29, 1.82) is 0 Å². The summed E-state index contributed by atoms with van der Waals surface area (Å²) in [5.74, 6) is 1.39. The molecule has 2 amide bonds. The lowest BCUT2D eigenvalue weighted by Crippen LogP contribution is -2.49. The van der Waals surface area contributed by atoms with E-state index in [1.54, 1.807) is 24.1 Å². The zero-order chi connectivity index (χ0) is 17.1. The van der Waals surface area contributed by atoms with E-state index in [0.29, 0.717) is 23.8 Å². The molecule has 2 heterocycles. The Morgan fingerprint density at radius 3 is 2.58 bits per heavy atom. The zero-order valence-electron chi connectivity index (χ0n) is 14.5. The van der Waals surface area contributed by atoms with E-state index in [1.807, 2.05) is 17.0 Å². The van der Waals surface area contributed by atoms with Crippen LogP contribution in [0.4, 0.5) is 0 Å². The van der Waals surface area contributed by atoms with Crippen molar-refractivity contribution in [3.05, 3.63) is 29.8 Å². The summed E-state index contributed by atoms with van der Waals surface area (Å²) >= 11 is 0. The van der Waals surface area contributed by atoms with Crippen LogP contribution in [-0.4, -0.2) is 54.4 Å². The van der Waals surface area contributed by atoms with Crippen LogP contribution in [0.15, 0.2) is 24.3 Å². The maximum Gasteiger partial charge on any atom is 0.254 e. The van der Waals surface area contributed by atoms with Gasteiger partial charge in [0.2, 0.25) is 5.91 Å². The van der Waals surface area contributed by atoms with Gasteiger partial charge < -0.3 is 14.5 Å². The monoisotopic (exact) mass is 330 g/mol. The summed E-state index contributed by atoms with van der Waals surface area (Å²) in [5, 5.41) is 0. The van der Waals surface area contributed by atoms with Gasteiger partial charge in [0.05, 0.1) is 7.11 Å². The lowest BCUT2D eigenvalue weighted by Gasteiger charge is -2.34. The molecule has 0 aromatic heterocycles. The average Bonchev–Trinajstić information content (AvgIpc) is 3.11. The number of likely N-dealkylation sites (tertiary alicyclic amines) is 2. The Balaban J connectivity index is 1.72. The molecular weight excluding hydrogens is 304 g/mol. The Labute approximate surface area is 143 Å². The van der Waals surface area contributed by atoms with Crippen molar-refractivity contribution < 1.29 is 14.3 Å². The fourth-order valence-corrected chi connectivity index (χ4v) is 3.63. The van der Waals surface area contributed by atoms with Gasteiger partial charge in [-0.2, -0.15) is 0 Å². The summed E-state index contributed by atoms with van der Waals surface area (Å²) in [4.78, 5) is 29.4. The molecule has 1 aromatic carbocycles. The van der Waals surface area contributed by atoms with E-state index in [2.05, 4.69) is 6.92 Å². The standard InChI is InChI=1S/C19H26N2O3/c1-14-8-11-20(12-9-14)19(23)17-7-4-10-21(17)18(22)15-5-3-6-16(13-15)24-2/h3,5-6,13-14,17H,4,7-12H2,1-2H3/t17-/m0/s1. The number of benzene rings is 1. The van der Waals surface area contributed by atoms with Crippen molar-refractivity contribution in [3.8, 4) is 5.75 Å². The number of amides is 2. The number of ether oxygens (including phenoxy) is 1. The summed E-state index contributed by atoms with van der Waals surface area (Å²) in [6, 6.07) is 6.85. The van der Waals surface area contributed by atoms with Crippen LogP contribution in [0, 0.1) is 5.92 Å². The Bertz CT molecular complexity index is 608. The SMILES string of the molecule is COc1cccc(C(=O)N2CCC[C@H]2C(=O)N2CCC(C)CC2)c1. The third kappa shape index (κ3) is 3.40. The van der Waals surface area contributed by atoms with Gasteiger partial charge in [0.25, 0.3) is 5.91 Å². The fourth-order valence-electron chi connectivity index (χ4n) is 3.63. The predicted octanol–water partition coefficient (Wildman–Crippen LogP) is 2.56. The first-order chi connectivity index (χ1) is 11.6. The summed E-state index contributed by atoms with van der Waals surface area (Å²) in [5.41, 5.74) is 0.585. The Hall–Kier alpha value is -2.04. The summed E-state index contributed by atoms with van der Waals surface area (Å²) < 4.78 is 5.20. The van der Waals surface area contributed by atoms with Gasteiger partial charge in [0, 0.05) is 25.2 Å². The van der Waals surface area contributed by atoms with Crippen LogP contribution in [0.25, 0.3) is 0 Å². The van der Waals surface area contributed by atoms with Crippen LogP contribution in [0.2, 0.25) is 0 Å². The number of rotatable bonds is 3. The summed E-state index contributed by atoms with van der Waals surface area (Å²) in [6.07, 6.45) is 3.77. The molecule has 24 heavy (non-hydrogen) atoms. The normalized spacial score (nSPS) is 21.8. The first-order valence-corrected chi connectivity index (χ1v) is 8.84. The second-order valence-corrected chi connectivity index (χ2v) is 6.90. The molecule has 1 atom stereocenters. The largest absolute Gasteiger partial charge is 0.497 e. The van der Waals surface area contributed by atoms with Crippen molar-refractivity contribution in [2.24, 2.45) is 5.92 Å². The molecule has 5 heteroatoms. The molecule has 0 N–H and O–H groups in total. The summed E-state index contributed by atoms with van der Waals surface area (Å²) in [6.45, 7) is 4.52. The maximum atomic E-state index is 12.9. The lowest BCUT2D eigenvalue weighted by atomic mass is 9.98. The highest BCUT2D eigenvalue weighted by atomic mass is 16.5. The van der Waals surface area contributed by atoms with Gasteiger partial charge in [0.1, 0.15) is 11.8 Å². The topological polar surface area (TPSA) is 49.9 Å². The molecule has 3 rings (SSSR count). The highest BCUT2D eigenvalue weighted by Crippen LogP contribution is 2.25. The molecule has 0 unspecified atom stereocenters. The number of carbonyl (C=O) groups excluding carboxylic acids is 2. The van der Waals surface area contributed by atoms with E-state index < -0.39 is 0 Å². The van der Waals surface area contributed by atoms with Crippen molar-refractivity contribution in [2.75, 3.05) is 26.7 Å². The highest BCUT2D eigenvalue weighted by molar-refractivity contribution is 5.98. The zero-order valence-corrected chi connectivity index (χ0v) is 14.5. The van der Waals surface area contributed by atoms with Crippen LogP contribution in [0.1, 0.15) is 43.0 Å². The van der Waals surface area contributed by atoms with Gasteiger partial charge in [-0.25, -0.2) is 0 Å². The van der Waals surface area contributed by atoms with Crippen molar-refractivity contribution in [3.63, 3.8) is 0 Å². The van der Waals surface area contributed by atoms with E-state index in [-0.39, 0.29) is 17.9 Å². The van der Waals surface area contributed by atoms with Crippen molar-refractivity contribution in [2.45, 2.75) is 38.6 Å². The molecule has 0 aliphatic carbocycles. The number of nitrogens with zero attached hydrogens (tertiary/aromatic N) is 2. The third-order valence-electron chi connectivity index (χ3n) is 5.21. The van der Waals surface area contributed by atoms with E-state index in [9.17, 15) is 9.59 Å². The van der Waals surface area contributed by atoms with Crippen LogP contribution in [0.5, 0.6) is 5.75 Å². The molecule has 1 aromatic rings. The third-order valence-corrected chi connectivity index (χ3v) is 5.21. The minimum absolute atomic E-state index is 0.0740. The molecule has 0 radical (unpaired) electrons. The van der Waals surface area contributed by atoms with Crippen LogP contribution < -0.4 is 4.74 Å². The van der Waals surface area contributed by atoms with Crippen LogP contribution in [-0.2, 0) is 4.79 Å². The maximum absolute atomic E-state index is 12.9. The first kappa shape index (κ1) is 16.8. The minimum Gasteiger partial charge on any atom is -0.497 e. The van der Waals surface area contributed by atoms with Gasteiger partial charge in [-0.15, -0.1) is 0 Å². The average molecular weight is 330 g/mol. The minimum atomic E-state index is -0.308. The second-order valence-electron chi connectivity index (χ2n) is 6.90. The van der Waals surface area contributed by atoms with Gasteiger partial charge in [-0.3, -0.25) is 9.59 Å². The van der Waals surface area contributed by atoms with E-state index >= 15 is 0 Å². The van der Waals surface area contributed by atoms with Crippen LogP contribution in [0.3, 0.4) is 0 Å². The quantitative estimate of drug-likeness (QED) is 0.856. The second kappa shape index (κ2) is 7.24. The van der Waals surface area contributed by atoms with Gasteiger partial charge in [-0.05, 0) is 49.8 Å². The number of hydrogen-bond acceptors (Lipinski definition) is 3. The Kier molecular flexibility index (Phi) is 5.07. The van der Waals surface area contributed by atoms with E-state index in [1.165, 1.54) is 0 Å². The van der Waals surface area contributed by atoms with Crippen molar-refractivity contribution in [1.82, 2.24) is 9.80 Å². The number of carbonyl (C=O) groups is 2. The molecule has 130 valence electrons. The highest BCUT2D eigenvalue weighted by Gasteiger charge is 2.37. The Morgan fingerprint density at radius 2 is 1.88 bits per heavy atom. The number of methoxy groups -OCH3 is 1. The lowest BCUT2D eigenvalue weighted by molar-refractivity contribution is -0.136. The number of hydrogen-bond donors (Lipinski definition) is 0. The van der Waals surface area contributed by atoms with E-state index in [0.717, 1.165) is 38.8 Å². The Morgan fingerprint density at radius 1 is 1.12 bits per heavy atom. The number of piperidine rings is 1.